The number of aliphatic hydroxyl groups is 1. The topological polar surface area (TPSA) is 123 Å². The number of nitrogen functional groups attached to an aromatic ring is 1. The number of para-hydroxylation sites is 1. The number of anilines is 1. The Morgan fingerprint density at radius 3 is 2.67 bits per heavy atom. The maximum atomic E-state index is 11.9. The van der Waals surface area contributed by atoms with Crippen LogP contribution in [0.15, 0.2) is 24.3 Å². The van der Waals surface area contributed by atoms with Gasteiger partial charge in [-0.15, -0.1) is 0 Å². The van der Waals surface area contributed by atoms with Crippen molar-refractivity contribution in [1.82, 2.24) is 19.3 Å². The van der Waals surface area contributed by atoms with Gasteiger partial charge < -0.3 is 15.4 Å². The van der Waals surface area contributed by atoms with Gasteiger partial charge in [-0.05, 0) is 25.3 Å². The molecule has 0 saturated heterocycles. The van der Waals surface area contributed by atoms with Crippen molar-refractivity contribution in [1.29, 1.82) is 0 Å². The number of nitrogens with one attached hydrogen (secondary N) is 1. The number of nitrogens with two attached hydrogens (primary N) is 1. The molecule has 2 aromatic heterocycles. The smallest absolute Gasteiger partial charge is 0.209 e. The van der Waals surface area contributed by atoms with Crippen molar-refractivity contribution < 1.29 is 13.5 Å². The number of aliphatic hydroxyl groups excluding tert-OH is 1. The number of pyridine rings is 1. The zero-order valence-corrected chi connectivity index (χ0v) is 16.0. The van der Waals surface area contributed by atoms with Crippen molar-refractivity contribution in [2.75, 3.05) is 18.6 Å². The first kappa shape index (κ1) is 18.1. The summed E-state index contributed by atoms with van der Waals surface area (Å²) >= 11 is 0. The van der Waals surface area contributed by atoms with Crippen molar-refractivity contribution in [3.63, 3.8) is 0 Å². The molecule has 1 aliphatic carbocycles. The molecule has 9 heteroatoms. The van der Waals surface area contributed by atoms with Crippen molar-refractivity contribution in [2.45, 2.75) is 37.8 Å². The van der Waals surface area contributed by atoms with E-state index in [-0.39, 0.29) is 6.61 Å². The fourth-order valence-electron chi connectivity index (χ4n) is 3.96. The predicted molar refractivity (Wildman–Crippen MR) is 105 cm³/mol. The highest BCUT2D eigenvalue weighted by molar-refractivity contribution is 7.88. The normalized spacial score (nSPS) is 16.7. The van der Waals surface area contributed by atoms with Gasteiger partial charge in [-0.3, -0.25) is 0 Å². The molecule has 144 valence electrons. The Labute approximate surface area is 157 Å². The Morgan fingerprint density at radius 1 is 1.30 bits per heavy atom. The van der Waals surface area contributed by atoms with Gasteiger partial charge in [0.2, 0.25) is 10.0 Å². The van der Waals surface area contributed by atoms with Gasteiger partial charge in [0.1, 0.15) is 11.3 Å². The number of rotatable bonds is 6. The molecule has 0 unspecified atom stereocenters. The molecular formula is C18H23N5O3S. The third kappa shape index (κ3) is 3.26. The van der Waals surface area contributed by atoms with E-state index in [2.05, 4.69) is 14.7 Å². The summed E-state index contributed by atoms with van der Waals surface area (Å²) in [5.41, 5.74) is 7.80. The zero-order chi connectivity index (χ0) is 19.2. The minimum Gasteiger partial charge on any atom is -0.396 e. The lowest BCUT2D eigenvalue weighted by Gasteiger charge is -2.42. The first-order valence-corrected chi connectivity index (χ1v) is 10.8. The lowest BCUT2D eigenvalue weighted by Crippen LogP contribution is -2.55. The fraction of sp³-hybridized carbons (Fsp3) is 0.444. The van der Waals surface area contributed by atoms with E-state index in [4.69, 9.17) is 5.73 Å². The Morgan fingerprint density at radius 2 is 2.04 bits per heavy atom. The maximum Gasteiger partial charge on any atom is 0.209 e. The van der Waals surface area contributed by atoms with E-state index in [9.17, 15) is 13.5 Å². The minimum atomic E-state index is -3.35. The summed E-state index contributed by atoms with van der Waals surface area (Å²) in [4.78, 5) is 9.07. The first-order chi connectivity index (χ1) is 12.8. The number of hydrogen-bond acceptors (Lipinski definition) is 6. The van der Waals surface area contributed by atoms with Gasteiger partial charge in [0.15, 0.2) is 5.82 Å². The van der Waals surface area contributed by atoms with Gasteiger partial charge >= 0.3 is 0 Å². The number of imidazole rings is 1. The van der Waals surface area contributed by atoms with E-state index in [0.29, 0.717) is 30.1 Å². The molecule has 8 nitrogen and oxygen atoms in total. The maximum absolute atomic E-state index is 11.9. The summed E-state index contributed by atoms with van der Waals surface area (Å²) in [5.74, 6) is 1.01. The molecule has 0 radical (unpaired) electrons. The minimum absolute atomic E-state index is 0.0545. The van der Waals surface area contributed by atoms with Crippen LogP contribution in [0.4, 0.5) is 5.82 Å². The number of hydrogen-bond donors (Lipinski definition) is 3. The van der Waals surface area contributed by atoms with E-state index in [1.54, 1.807) is 0 Å². The Hall–Kier alpha value is -2.23. The van der Waals surface area contributed by atoms with Crippen LogP contribution >= 0.6 is 0 Å². The molecule has 0 aliphatic heterocycles. The highest BCUT2D eigenvalue weighted by Gasteiger charge is 2.40. The average molecular weight is 389 g/mol. The van der Waals surface area contributed by atoms with Crippen LogP contribution in [0.2, 0.25) is 0 Å². The van der Waals surface area contributed by atoms with Crippen molar-refractivity contribution in [3.05, 3.63) is 30.1 Å². The third-order valence-electron chi connectivity index (χ3n) is 5.20. The van der Waals surface area contributed by atoms with E-state index in [1.165, 1.54) is 6.26 Å². The molecule has 0 atom stereocenters. The van der Waals surface area contributed by atoms with Crippen molar-refractivity contribution in [2.24, 2.45) is 0 Å². The second kappa shape index (κ2) is 6.43. The standard InChI is InChI=1S/C18H23N5O3S/c1-27(25,26)22-18(8-4-9-18)11-23-14(7-10-24)21-15-16(23)12-5-2-3-6-13(12)20-17(15)19/h2-3,5-6,22,24H,4,7-11H2,1H3,(H2,19,20). The van der Waals surface area contributed by atoms with Crippen molar-refractivity contribution in [3.8, 4) is 0 Å². The van der Waals surface area contributed by atoms with Crippen LogP contribution in [0.1, 0.15) is 25.1 Å². The highest BCUT2D eigenvalue weighted by atomic mass is 32.2. The summed E-state index contributed by atoms with van der Waals surface area (Å²) in [6.45, 7) is 0.389. The molecule has 1 aliphatic rings. The lowest BCUT2D eigenvalue weighted by atomic mass is 9.77. The number of fused-ring (bicyclic) bond motifs is 3. The summed E-state index contributed by atoms with van der Waals surface area (Å²) in [5, 5.41) is 10.4. The summed E-state index contributed by atoms with van der Waals surface area (Å²) < 4.78 is 28.6. The van der Waals surface area contributed by atoms with Gasteiger partial charge in [0, 0.05) is 18.4 Å². The Kier molecular flexibility index (Phi) is 4.32. The van der Waals surface area contributed by atoms with Gasteiger partial charge in [0.05, 0.1) is 29.4 Å². The Bertz CT molecular complexity index is 1120. The van der Waals surface area contributed by atoms with Crippen LogP contribution in [-0.4, -0.2) is 46.5 Å². The number of nitrogens with zero attached hydrogens (tertiary/aromatic N) is 3. The van der Waals surface area contributed by atoms with Crippen LogP contribution in [0, 0.1) is 0 Å². The summed E-state index contributed by atoms with van der Waals surface area (Å²) in [6, 6.07) is 7.68. The molecule has 0 amide bonds. The zero-order valence-electron chi connectivity index (χ0n) is 15.1. The van der Waals surface area contributed by atoms with Crippen LogP contribution in [0.5, 0.6) is 0 Å². The monoisotopic (exact) mass is 389 g/mol. The quantitative estimate of drug-likeness (QED) is 0.582. The van der Waals surface area contributed by atoms with Crippen molar-refractivity contribution >= 4 is 37.8 Å². The van der Waals surface area contributed by atoms with Crippen LogP contribution in [-0.2, 0) is 23.0 Å². The molecule has 3 aromatic rings. The molecule has 1 saturated carbocycles. The second-order valence-corrected chi connectivity index (χ2v) is 9.06. The molecule has 1 fully saturated rings. The molecule has 4 rings (SSSR count). The molecule has 4 N–H and O–H groups in total. The SMILES string of the molecule is CS(=O)(=O)NC1(Cn2c(CCO)nc3c(N)nc4ccccc4c32)CCC1. The average Bonchev–Trinajstić information content (AvgIpc) is 2.91. The van der Waals surface area contributed by atoms with Crippen LogP contribution < -0.4 is 10.5 Å². The molecule has 0 spiro atoms. The largest absolute Gasteiger partial charge is 0.396 e. The number of aromatic nitrogens is 3. The molecule has 2 heterocycles. The Balaban J connectivity index is 1.93. The molecule has 0 bridgehead atoms. The van der Waals surface area contributed by atoms with E-state index in [0.717, 1.165) is 35.7 Å². The van der Waals surface area contributed by atoms with Gasteiger partial charge in [0.25, 0.3) is 0 Å². The molecule has 1 aromatic carbocycles. The van der Waals surface area contributed by atoms with Gasteiger partial charge in [-0.2, -0.15) is 0 Å². The third-order valence-corrected chi connectivity index (χ3v) is 6.00. The number of benzene rings is 1. The van der Waals surface area contributed by atoms with Gasteiger partial charge in [-0.1, -0.05) is 18.2 Å². The van der Waals surface area contributed by atoms with E-state index >= 15 is 0 Å². The van der Waals surface area contributed by atoms with Gasteiger partial charge in [-0.25, -0.2) is 23.1 Å². The first-order valence-electron chi connectivity index (χ1n) is 8.95. The fourth-order valence-corrected chi connectivity index (χ4v) is 5.01. The lowest BCUT2D eigenvalue weighted by molar-refractivity contribution is 0.190. The van der Waals surface area contributed by atoms with E-state index in [1.807, 2.05) is 28.8 Å². The summed E-state index contributed by atoms with van der Waals surface area (Å²) in [6.07, 6.45) is 4.03. The van der Waals surface area contributed by atoms with E-state index < -0.39 is 15.6 Å². The highest BCUT2D eigenvalue weighted by Crippen LogP contribution is 2.37. The molecule has 27 heavy (non-hydrogen) atoms. The molecular weight excluding hydrogens is 366 g/mol. The second-order valence-electron chi connectivity index (χ2n) is 7.31. The van der Waals surface area contributed by atoms with Crippen LogP contribution in [0.3, 0.4) is 0 Å². The predicted octanol–water partition coefficient (Wildman–Crippen LogP) is 1.17. The number of sulfonamides is 1. The summed E-state index contributed by atoms with van der Waals surface area (Å²) in [7, 11) is -3.35. The van der Waals surface area contributed by atoms with Crippen LogP contribution in [0.25, 0.3) is 21.9 Å².